The molecule has 0 unspecified atom stereocenters. The molecule has 1 heterocycles. The van der Waals surface area contributed by atoms with Crippen molar-refractivity contribution in [1.82, 2.24) is 4.98 Å². The molecule has 0 saturated heterocycles. The van der Waals surface area contributed by atoms with Gasteiger partial charge in [-0.25, -0.2) is 0 Å². The van der Waals surface area contributed by atoms with Crippen LogP contribution < -0.4 is 0 Å². The van der Waals surface area contributed by atoms with Crippen LogP contribution in [-0.2, 0) is 0 Å². The molecule has 1 N–H and O–H groups in total. The van der Waals surface area contributed by atoms with Gasteiger partial charge in [-0.1, -0.05) is 0 Å². The Balaban J connectivity index is 2.55. The first-order valence-corrected chi connectivity index (χ1v) is 3.45. The minimum Gasteiger partial charge on any atom is -0.367 e. The van der Waals surface area contributed by atoms with E-state index in [2.05, 4.69) is 23.8 Å². The first-order chi connectivity index (χ1) is 4.79. The number of hydrogen-bond acceptors (Lipinski definition) is 1. The van der Waals surface area contributed by atoms with Gasteiger partial charge in [0.25, 0.3) is 0 Å². The number of nitrogens with one attached hydrogen (secondary N) is 1. The fourth-order valence-corrected chi connectivity index (χ4v) is 0.652. The maximum Gasteiger partial charge on any atom is 0.0443 e. The van der Waals surface area contributed by atoms with Crippen LogP contribution in [0.15, 0.2) is 23.5 Å². The molecule has 0 aliphatic carbocycles. The largest absolute Gasteiger partial charge is 0.367 e. The lowest BCUT2D eigenvalue weighted by Gasteiger charge is -1.91. The van der Waals surface area contributed by atoms with Gasteiger partial charge in [0.15, 0.2) is 0 Å². The van der Waals surface area contributed by atoms with Gasteiger partial charge in [0, 0.05) is 30.2 Å². The molecule has 0 bridgehead atoms. The summed E-state index contributed by atoms with van der Waals surface area (Å²) < 4.78 is 0. The summed E-state index contributed by atoms with van der Waals surface area (Å²) in [4.78, 5) is 7.18. The fourth-order valence-electron chi connectivity index (χ4n) is 0.652. The Kier molecular flexibility index (Phi) is 2.26. The average Bonchev–Trinajstić information content (AvgIpc) is 2.34. The molecule has 0 saturated carbocycles. The van der Waals surface area contributed by atoms with Crippen molar-refractivity contribution in [2.24, 2.45) is 4.99 Å². The molecule has 10 heavy (non-hydrogen) atoms. The number of hydrogen-bond donors (Lipinski definition) is 1. The van der Waals surface area contributed by atoms with E-state index >= 15 is 0 Å². The first kappa shape index (κ1) is 7.06. The molecule has 54 valence electrons. The van der Waals surface area contributed by atoms with Crippen LogP contribution in [0.4, 0.5) is 0 Å². The number of aromatic nitrogens is 1. The standard InChI is InChI=1S/C8H12N2/c1-7(2)10-6-8-3-4-9-5-8/h3-7,9H,1-2H3. The van der Waals surface area contributed by atoms with Crippen molar-refractivity contribution < 1.29 is 0 Å². The lowest BCUT2D eigenvalue weighted by Crippen LogP contribution is -1.88. The van der Waals surface area contributed by atoms with Crippen molar-refractivity contribution in [2.45, 2.75) is 19.9 Å². The molecule has 0 fully saturated rings. The molecule has 0 spiro atoms. The quantitative estimate of drug-likeness (QED) is 0.601. The third kappa shape index (κ3) is 2.05. The SMILES string of the molecule is CC(C)N=Cc1cc[nH]c1. The van der Waals surface area contributed by atoms with Crippen molar-refractivity contribution in [1.29, 1.82) is 0 Å². The van der Waals surface area contributed by atoms with Crippen LogP contribution in [0.5, 0.6) is 0 Å². The lowest BCUT2D eigenvalue weighted by atomic mass is 10.3. The van der Waals surface area contributed by atoms with Gasteiger partial charge < -0.3 is 4.98 Å². The van der Waals surface area contributed by atoms with E-state index in [1.165, 1.54) is 0 Å². The Morgan fingerprint density at radius 3 is 2.90 bits per heavy atom. The summed E-state index contributed by atoms with van der Waals surface area (Å²) in [6, 6.07) is 2.38. The summed E-state index contributed by atoms with van der Waals surface area (Å²) in [5, 5.41) is 0. The number of H-pyrrole nitrogens is 1. The predicted molar refractivity (Wildman–Crippen MR) is 43.5 cm³/mol. The normalized spacial score (nSPS) is 11.5. The predicted octanol–water partition coefficient (Wildman–Crippen LogP) is 1.84. The molecular weight excluding hydrogens is 124 g/mol. The highest BCUT2D eigenvalue weighted by Crippen LogP contribution is 1.93. The molecule has 0 aromatic carbocycles. The molecule has 2 heteroatoms. The zero-order chi connectivity index (χ0) is 7.40. The van der Waals surface area contributed by atoms with Crippen LogP contribution >= 0.6 is 0 Å². The molecule has 1 rings (SSSR count). The Hall–Kier alpha value is -1.05. The molecule has 0 atom stereocenters. The molecule has 2 nitrogen and oxygen atoms in total. The van der Waals surface area contributed by atoms with Gasteiger partial charge in [-0.2, -0.15) is 0 Å². The second-order valence-electron chi connectivity index (χ2n) is 2.52. The van der Waals surface area contributed by atoms with Gasteiger partial charge in [0.05, 0.1) is 0 Å². The van der Waals surface area contributed by atoms with Gasteiger partial charge >= 0.3 is 0 Å². The van der Waals surface area contributed by atoms with Gasteiger partial charge in [0.1, 0.15) is 0 Å². The fraction of sp³-hybridized carbons (Fsp3) is 0.375. The number of rotatable bonds is 2. The summed E-state index contributed by atoms with van der Waals surface area (Å²) >= 11 is 0. The maximum absolute atomic E-state index is 4.22. The molecule has 0 radical (unpaired) electrons. The molecule has 0 aliphatic rings. The van der Waals surface area contributed by atoms with Crippen molar-refractivity contribution in [3.05, 3.63) is 24.0 Å². The minimum absolute atomic E-state index is 0.384. The van der Waals surface area contributed by atoms with Crippen LogP contribution in [0, 0.1) is 0 Å². The van der Waals surface area contributed by atoms with Crippen LogP contribution in [0.25, 0.3) is 0 Å². The summed E-state index contributed by atoms with van der Waals surface area (Å²) in [5.74, 6) is 0. The summed E-state index contributed by atoms with van der Waals surface area (Å²) in [6.45, 7) is 4.12. The van der Waals surface area contributed by atoms with Gasteiger partial charge in [0.2, 0.25) is 0 Å². The highest BCUT2D eigenvalue weighted by Gasteiger charge is 1.86. The van der Waals surface area contributed by atoms with E-state index in [0.717, 1.165) is 5.56 Å². The number of aliphatic imine (C=N–C) groups is 1. The van der Waals surface area contributed by atoms with Crippen LogP contribution in [0.3, 0.4) is 0 Å². The van der Waals surface area contributed by atoms with E-state index < -0.39 is 0 Å². The van der Waals surface area contributed by atoms with E-state index in [1.54, 1.807) is 0 Å². The summed E-state index contributed by atoms with van der Waals surface area (Å²) in [7, 11) is 0. The van der Waals surface area contributed by atoms with Crippen molar-refractivity contribution in [2.75, 3.05) is 0 Å². The molecule has 0 aliphatic heterocycles. The van der Waals surface area contributed by atoms with E-state index in [0.29, 0.717) is 6.04 Å². The zero-order valence-corrected chi connectivity index (χ0v) is 6.33. The van der Waals surface area contributed by atoms with E-state index in [9.17, 15) is 0 Å². The Morgan fingerprint density at radius 2 is 2.40 bits per heavy atom. The molecule has 0 amide bonds. The molecular formula is C8H12N2. The lowest BCUT2D eigenvalue weighted by molar-refractivity contribution is 0.841. The third-order valence-corrected chi connectivity index (χ3v) is 1.14. The number of aromatic amines is 1. The van der Waals surface area contributed by atoms with E-state index in [4.69, 9.17) is 0 Å². The van der Waals surface area contributed by atoms with E-state index in [-0.39, 0.29) is 0 Å². The Morgan fingerprint density at radius 1 is 1.60 bits per heavy atom. The maximum atomic E-state index is 4.22. The summed E-state index contributed by atoms with van der Waals surface area (Å²) in [5.41, 5.74) is 1.13. The van der Waals surface area contributed by atoms with E-state index in [1.807, 2.05) is 24.7 Å². The average molecular weight is 136 g/mol. The monoisotopic (exact) mass is 136 g/mol. The Bertz CT molecular complexity index is 197. The first-order valence-electron chi connectivity index (χ1n) is 3.45. The third-order valence-electron chi connectivity index (χ3n) is 1.14. The smallest absolute Gasteiger partial charge is 0.0443 e. The van der Waals surface area contributed by atoms with Gasteiger partial charge in [-0.15, -0.1) is 0 Å². The van der Waals surface area contributed by atoms with Crippen LogP contribution in [0.2, 0.25) is 0 Å². The summed E-state index contributed by atoms with van der Waals surface area (Å²) in [6.07, 6.45) is 5.69. The van der Waals surface area contributed by atoms with Crippen molar-refractivity contribution >= 4 is 6.21 Å². The van der Waals surface area contributed by atoms with Crippen molar-refractivity contribution in [3.8, 4) is 0 Å². The Labute approximate surface area is 61.0 Å². The minimum atomic E-state index is 0.384. The van der Waals surface area contributed by atoms with Gasteiger partial charge in [-0.05, 0) is 19.9 Å². The van der Waals surface area contributed by atoms with Crippen molar-refractivity contribution in [3.63, 3.8) is 0 Å². The van der Waals surface area contributed by atoms with Crippen LogP contribution in [0.1, 0.15) is 19.4 Å². The topological polar surface area (TPSA) is 28.1 Å². The van der Waals surface area contributed by atoms with Crippen LogP contribution in [-0.4, -0.2) is 17.2 Å². The second kappa shape index (κ2) is 3.20. The molecule has 1 aromatic rings. The highest BCUT2D eigenvalue weighted by atomic mass is 14.7. The number of nitrogens with zero attached hydrogens (tertiary/aromatic N) is 1. The van der Waals surface area contributed by atoms with Gasteiger partial charge in [-0.3, -0.25) is 4.99 Å². The molecule has 1 aromatic heterocycles. The zero-order valence-electron chi connectivity index (χ0n) is 6.33. The second-order valence-corrected chi connectivity index (χ2v) is 2.52. The highest BCUT2D eigenvalue weighted by molar-refractivity contribution is 5.79.